The van der Waals surface area contributed by atoms with Crippen LogP contribution in [0, 0.1) is 11.8 Å². The average Bonchev–Trinajstić information content (AvgIpc) is 3.11. The van der Waals surface area contributed by atoms with Gasteiger partial charge >= 0.3 is 6.03 Å². The molecule has 0 spiro atoms. The third-order valence-corrected chi connectivity index (χ3v) is 6.10. The Morgan fingerprint density at radius 2 is 1.85 bits per heavy atom. The molecular formula is C22H33N3O2. The largest absolute Gasteiger partial charge is 0.340 e. The van der Waals surface area contributed by atoms with Gasteiger partial charge in [-0.3, -0.25) is 4.79 Å². The van der Waals surface area contributed by atoms with Crippen LogP contribution in [0.5, 0.6) is 0 Å². The van der Waals surface area contributed by atoms with E-state index in [1.165, 1.54) is 5.56 Å². The van der Waals surface area contributed by atoms with Gasteiger partial charge in [0.2, 0.25) is 5.91 Å². The minimum atomic E-state index is 0.0416. The fraction of sp³-hybridized carbons (Fsp3) is 0.636. The SMILES string of the molecule is CC(C)[C@H](CNC(=O)N1CCC(N2CCCC2=O)CC1)Cc1ccccc1. The second-order valence-electron chi connectivity index (χ2n) is 8.29. The van der Waals surface area contributed by atoms with Gasteiger partial charge < -0.3 is 15.1 Å². The van der Waals surface area contributed by atoms with Crippen molar-refractivity contribution < 1.29 is 9.59 Å². The number of urea groups is 1. The molecule has 2 aliphatic rings. The molecule has 2 fully saturated rings. The van der Waals surface area contributed by atoms with E-state index in [1.54, 1.807) is 0 Å². The highest BCUT2D eigenvalue weighted by atomic mass is 16.2. The van der Waals surface area contributed by atoms with Crippen molar-refractivity contribution in [3.05, 3.63) is 35.9 Å². The highest BCUT2D eigenvalue weighted by Gasteiger charge is 2.32. The van der Waals surface area contributed by atoms with Gasteiger partial charge in [0, 0.05) is 38.6 Å². The summed E-state index contributed by atoms with van der Waals surface area (Å²) < 4.78 is 0. The lowest BCUT2D eigenvalue weighted by Gasteiger charge is -2.37. The first-order valence-corrected chi connectivity index (χ1v) is 10.4. The summed E-state index contributed by atoms with van der Waals surface area (Å²) >= 11 is 0. The van der Waals surface area contributed by atoms with Crippen LogP contribution >= 0.6 is 0 Å². The first-order valence-electron chi connectivity index (χ1n) is 10.4. The Morgan fingerprint density at radius 1 is 1.15 bits per heavy atom. The van der Waals surface area contributed by atoms with Crippen LogP contribution in [-0.4, -0.2) is 54.0 Å². The average molecular weight is 372 g/mol. The Balaban J connectivity index is 1.45. The highest BCUT2D eigenvalue weighted by Crippen LogP contribution is 2.22. The fourth-order valence-electron chi connectivity index (χ4n) is 4.23. The molecule has 3 amide bonds. The molecule has 1 N–H and O–H groups in total. The number of rotatable bonds is 6. The second-order valence-corrected chi connectivity index (χ2v) is 8.29. The number of carbonyl (C=O) groups excluding carboxylic acids is 2. The second kappa shape index (κ2) is 9.25. The molecule has 0 aromatic heterocycles. The predicted molar refractivity (Wildman–Crippen MR) is 107 cm³/mol. The van der Waals surface area contributed by atoms with Crippen LogP contribution in [0.15, 0.2) is 30.3 Å². The molecule has 0 aliphatic carbocycles. The molecule has 27 heavy (non-hydrogen) atoms. The third kappa shape index (κ3) is 5.24. The molecule has 2 saturated heterocycles. The standard InChI is InChI=1S/C22H33N3O2/c1-17(2)19(15-18-7-4-3-5-8-18)16-23-22(27)24-13-10-20(11-14-24)25-12-6-9-21(25)26/h3-5,7-8,17,19-20H,6,9-16H2,1-2H3,(H,23,27)/t19-/m0/s1. The number of benzene rings is 1. The Hall–Kier alpha value is -2.04. The molecule has 5 heteroatoms. The summed E-state index contributed by atoms with van der Waals surface area (Å²) in [6.45, 7) is 7.52. The number of amides is 3. The molecular weight excluding hydrogens is 338 g/mol. The fourth-order valence-corrected chi connectivity index (χ4v) is 4.23. The van der Waals surface area contributed by atoms with Crippen LogP contribution < -0.4 is 5.32 Å². The van der Waals surface area contributed by atoms with Crippen molar-refractivity contribution in [2.24, 2.45) is 11.8 Å². The minimum Gasteiger partial charge on any atom is -0.340 e. The van der Waals surface area contributed by atoms with Crippen LogP contribution in [0.2, 0.25) is 0 Å². The number of hydrogen-bond donors (Lipinski definition) is 1. The number of nitrogens with zero attached hydrogens (tertiary/aromatic N) is 2. The number of carbonyl (C=O) groups is 2. The Labute approximate surface area is 163 Å². The number of hydrogen-bond acceptors (Lipinski definition) is 2. The summed E-state index contributed by atoms with van der Waals surface area (Å²) in [5, 5.41) is 3.15. The van der Waals surface area contributed by atoms with E-state index in [9.17, 15) is 9.59 Å². The lowest BCUT2D eigenvalue weighted by atomic mass is 9.89. The lowest BCUT2D eigenvalue weighted by Crippen LogP contribution is -2.50. The van der Waals surface area contributed by atoms with Gasteiger partial charge in [0.15, 0.2) is 0 Å². The van der Waals surface area contributed by atoms with Crippen molar-refractivity contribution in [2.45, 2.75) is 52.0 Å². The van der Waals surface area contributed by atoms with Gasteiger partial charge in [-0.05, 0) is 43.1 Å². The summed E-state index contributed by atoms with van der Waals surface area (Å²) in [4.78, 5) is 28.5. The molecule has 5 nitrogen and oxygen atoms in total. The predicted octanol–water partition coefficient (Wildman–Crippen LogP) is 3.30. The highest BCUT2D eigenvalue weighted by molar-refractivity contribution is 5.78. The molecule has 2 aliphatic heterocycles. The Bertz CT molecular complexity index is 624. The molecule has 148 valence electrons. The maximum atomic E-state index is 12.6. The maximum Gasteiger partial charge on any atom is 0.317 e. The van der Waals surface area contributed by atoms with Gasteiger partial charge in [0.25, 0.3) is 0 Å². The van der Waals surface area contributed by atoms with Gasteiger partial charge in [0.05, 0.1) is 0 Å². The van der Waals surface area contributed by atoms with Crippen molar-refractivity contribution >= 4 is 11.9 Å². The van der Waals surface area contributed by atoms with Crippen LogP contribution in [0.4, 0.5) is 4.79 Å². The van der Waals surface area contributed by atoms with Crippen molar-refractivity contribution in [3.63, 3.8) is 0 Å². The van der Waals surface area contributed by atoms with E-state index in [1.807, 2.05) is 15.9 Å². The van der Waals surface area contributed by atoms with Crippen molar-refractivity contribution in [1.29, 1.82) is 0 Å². The zero-order chi connectivity index (χ0) is 19.2. The molecule has 3 rings (SSSR count). The van der Waals surface area contributed by atoms with Crippen molar-refractivity contribution in [1.82, 2.24) is 15.1 Å². The van der Waals surface area contributed by atoms with E-state index in [4.69, 9.17) is 0 Å². The topological polar surface area (TPSA) is 52.7 Å². The quantitative estimate of drug-likeness (QED) is 0.834. The molecule has 2 heterocycles. The van der Waals surface area contributed by atoms with Gasteiger partial charge in [-0.15, -0.1) is 0 Å². The van der Waals surface area contributed by atoms with Crippen molar-refractivity contribution in [2.75, 3.05) is 26.2 Å². The molecule has 0 unspecified atom stereocenters. The summed E-state index contributed by atoms with van der Waals surface area (Å²) in [6.07, 6.45) is 4.46. The van der Waals surface area contributed by atoms with Gasteiger partial charge in [-0.2, -0.15) is 0 Å². The van der Waals surface area contributed by atoms with Crippen LogP contribution in [0.1, 0.15) is 45.1 Å². The third-order valence-electron chi connectivity index (χ3n) is 6.10. The van der Waals surface area contributed by atoms with Crippen LogP contribution in [0.3, 0.4) is 0 Å². The Morgan fingerprint density at radius 3 is 2.44 bits per heavy atom. The molecule has 0 saturated carbocycles. The van der Waals surface area contributed by atoms with Crippen LogP contribution in [0.25, 0.3) is 0 Å². The zero-order valence-corrected chi connectivity index (χ0v) is 16.7. The van der Waals surface area contributed by atoms with Crippen molar-refractivity contribution in [3.8, 4) is 0 Å². The lowest BCUT2D eigenvalue weighted by molar-refractivity contribution is -0.130. The number of likely N-dealkylation sites (tertiary alicyclic amines) is 2. The molecule has 0 radical (unpaired) electrons. The Kier molecular flexibility index (Phi) is 6.75. The summed E-state index contributed by atoms with van der Waals surface area (Å²) in [5.74, 6) is 1.23. The first kappa shape index (κ1) is 19.7. The normalized spacial score (nSPS) is 19.6. The summed E-state index contributed by atoms with van der Waals surface area (Å²) in [5.41, 5.74) is 1.32. The van der Waals surface area contributed by atoms with E-state index < -0.39 is 0 Å². The minimum absolute atomic E-state index is 0.0416. The summed E-state index contributed by atoms with van der Waals surface area (Å²) in [6, 6.07) is 10.9. The van der Waals surface area contributed by atoms with E-state index in [0.717, 1.165) is 45.3 Å². The molecule has 1 aromatic rings. The first-order chi connectivity index (χ1) is 13.0. The van der Waals surface area contributed by atoms with Gasteiger partial charge in [0.1, 0.15) is 0 Å². The van der Waals surface area contributed by atoms with Gasteiger partial charge in [-0.1, -0.05) is 44.2 Å². The molecule has 1 aromatic carbocycles. The van der Waals surface area contributed by atoms with E-state index in [2.05, 4.69) is 43.4 Å². The van der Waals surface area contributed by atoms with Gasteiger partial charge in [-0.25, -0.2) is 4.79 Å². The van der Waals surface area contributed by atoms with E-state index in [0.29, 0.717) is 36.8 Å². The number of piperidine rings is 1. The van der Waals surface area contributed by atoms with E-state index >= 15 is 0 Å². The smallest absolute Gasteiger partial charge is 0.317 e. The molecule has 0 bridgehead atoms. The van der Waals surface area contributed by atoms with Crippen LogP contribution in [-0.2, 0) is 11.2 Å². The van der Waals surface area contributed by atoms with E-state index in [-0.39, 0.29) is 6.03 Å². The zero-order valence-electron chi connectivity index (χ0n) is 16.7. The summed E-state index contributed by atoms with van der Waals surface area (Å²) in [7, 11) is 0. The monoisotopic (exact) mass is 371 g/mol. The number of nitrogens with one attached hydrogen (secondary N) is 1. The maximum absolute atomic E-state index is 12.6. The molecule has 1 atom stereocenters.